The zero-order valence-electron chi connectivity index (χ0n) is 13.4. The Morgan fingerprint density at radius 1 is 1.20 bits per heavy atom. The molecule has 1 rings (SSSR count). The van der Waals surface area contributed by atoms with Gasteiger partial charge in [-0.3, -0.25) is 4.79 Å². The summed E-state index contributed by atoms with van der Waals surface area (Å²) in [5, 5.41) is 10.7. The minimum atomic E-state index is -1.24. The normalized spacial score (nSPS) is 16.4. The monoisotopic (exact) mass is 278 g/mol. The average Bonchev–Trinajstić information content (AvgIpc) is 2.35. The number of benzene rings is 1. The van der Waals surface area contributed by atoms with Gasteiger partial charge in [0.25, 0.3) is 0 Å². The van der Waals surface area contributed by atoms with E-state index in [1.54, 1.807) is 13.8 Å². The predicted molar refractivity (Wildman–Crippen MR) is 80.4 cm³/mol. The van der Waals surface area contributed by atoms with Crippen molar-refractivity contribution < 1.29 is 14.6 Å². The molecule has 0 bridgehead atoms. The fourth-order valence-corrected chi connectivity index (χ4v) is 1.95. The first kappa shape index (κ1) is 16.7. The topological polar surface area (TPSA) is 46.5 Å². The molecule has 1 aromatic carbocycles. The number of aliphatic hydroxyl groups is 1. The zero-order chi connectivity index (χ0) is 15.6. The molecule has 0 radical (unpaired) electrons. The molecule has 112 valence electrons. The summed E-state index contributed by atoms with van der Waals surface area (Å²) >= 11 is 0. The first-order chi connectivity index (χ1) is 9.08. The number of hydrogen-bond donors (Lipinski definition) is 1. The zero-order valence-corrected chi connectivity index (χ0v) is 13.4. The fraction of sp³-hybridized carbons (Fsp3) is 0.588. The van der Waals surface area contributed by atoms with Crippen molar-refractivity contribution in [3.8, 4) is 0 Å². The maximum absolute atomic E-state index is 12.1. The molecule has 0 saturated carbocycles. The van der Waals surface area contributed by atoms with Gasteiger partial charge in [-0.1, -0.05) is 31.2 Å². The third-order valence-electron chi connectivity index (χ3n) is 3.55. The number of rotatable bonds is 4. The summed E-state index contributed by atoms with van der Waals surface area (Å²) in [6, 6.07) is 7.70. The van der Waals surface area contributed by atoms with Crippen molar-refractivity contribution in [3.63, 3.8) is 0 Å². The molecule has 0 saturated heterocycles. The minimum Gasteiger partial charge on any atom is -0.460 e. The van der Waals surface area contributed by atoms with E-state index < -0.39 is 17.1 Å². The molecule has 0 spiro atoms. The van der Waals surface area contributed by atoms with E-state index >= 15 is 0 Å². The van der Waals surface area contributed by atoms with E-state index in [1.165, 1.54) is 5.56 Å². The van der Waals surface area contributed by atoms with E-state index in [1.807, 2.05) is 45.0 Å². The number of carbonyl (C=O) groups excluding carboxylic acids is 1. The predicted octanol–water partition coefficient (Wildman–Crippen LogP) is 3.43. The van der Waals surface area contributed by atoms with Crippen molar-refractivity contribution >= 4 is 5.97 Å². The molecule has 20 heavy (non-hydrogen) atoms. The fourth-order valence-electron chi connectivity index (χ4n) is 1.95. The summed E-state index contributed by atoms with van der Waals surface area (Å²) in [5.74, 6) is -1.02. The van der Waals surface area contributed by atoms with Gasteiger partial charge in [-0.25, -0.2) is 0 Å². The molecule has 0 aromatic heterocycles. The van der Waals surface area contributed by atoms with Crippen LogP contribution in [0, 0.1) is 5.92 Å². The number of aryl methyl sites for hydroxylation is 1. The summed E-state index contributed by atoms with van der Waals surface area (Å²) in [6.07, 6.45) is 0.948. The van der Waals surface area contributed by atoms with Gasteiger partial charge in [-0.15, -0.1) is 0 Å². The Morgan fingerprint density at radius 3 is 2.10 bits per heavy atom. The van der Waals surface area contributed by atoms with Gasteiger partial charge in [0.05, 0.1) is 11.5 Å². The Hall–Kier alpha value is -1.35. The third kappa shape index (κ3) is 4.07. The quantitative estimate of drug-likeness (QED) is 0.858. The first-order valence-corrected chi connectivity index (χ1v) is 7.12. The largest absolute Gasteiger partial charge is 0.460 e. The summed E-state index contributed by atoms with van der Waals surface area (Å²) in [4.78, 5) is 12.1. The number of esters is 1. The van der Waals surface area contributed by atoms with E-state index in [-0.39, 0.29) is 5.97 Å². The van der Waals surface area contributed by atoms with Crippen LogP contribution in [0.5, 0.6) is 0 Å². The lowest BCUT2D eigenvalue weighted by molar-refractivity contribution is -0.168. The molecule has 0 heterocycles. The summed E-state index contributed by atoms with van der Waals surface area (Å²) in [7, 11) is 0. The van der Waals surface area contributed by atoms with Gasteiger partial charge >= 0.3 is 5.97 Å². The lowest BCUT2D eigenvalue weighted by Crippen LogP contribution is -2.39. The second-order valence-corrected chi connectivity index (χ2v) is 6.45. The van der Waals surface area contributed by atoms with Crippen LogP contribution in [-0.4, -0.2) is 16.7 Å². The van der Waals surface area contributed by atoms with Gasteiger partial charge in [0.15, 0.2) is 0 Å². The SMILES string of the molecule is CCc1ccc(C(C)(O)C(C)C(=O)OC(C)(C)C)cc1. The maximum atomic E-state index is 12.1. The van der Waals surface area contributed by atoms with Gasteiger partial charge in [0.2, 0.25) is 0 Å². The first-order valence-electron chi connectivity index (χ1n) is 7.12. The van der Waals surface area contributed by atoms with E-state index in [4.69, 9.17) is 4.74 Å². The van der Waals surface area contributed by atoms with Crippen molar-refractivity contribution in [2.75, 3.05) is 0 Å². The van der Waals surface area contributed by atoms with E-state index in [0.717, 1.165) is 12.0 Å². The van der Waals surface area contributed by atoms with Gasteiger partial charge in [0.1, 0.15) is 5.60 Å². The Balaban J connectivity index is 2.93. The standard InChI is InChI=1S/C17H26O3/c1-7-13-8-10-14(11-9-13)17(6,19)12(2)15(18)20-16(3,4)5/h8-12,19H,7H2,1-6H3. The van der Waals surface area contributed by atoms with Gasteiger partial charge in [0, 0.05) is 0 Å². The lowest BCUT2D eigenvalue weighted by atomic mass is 9.83. The van der Waals surface area contributed by atoms with Crippen molar-refractivity contribution in [2.24, 2.45) is 5.92 Å². The molecule has 0 fully saturated rings. The van der Waals surface area contributed by atoms with Crippen molar-refractivity contribution in [1.82, 2.24) is 0 Å². The molecule has 1 aromatic rings. The highest BCUT2D eigenvalue weighted by atomic mass is 16.6. The number of hydrogen-bond acceptors (Lipinski definition) is 3. The Bertz CT molecular complexity index is 452. The summed E-state index contributed by atoms with van der Waals surface area (Å²) < 4.78 is 5.35. The van der Waals surface area contributed by atoms with Crippen LogP contribution < -0.4 is 0 Å². The highest BCUT2D eigenvalue weighted by Crippen LogP contribution is 2.31. The molecular weight excluding hydrogens is 252 g/mol. The molecule has 2 unspecified atom stereocenters. The van der Waals surface area contributed by atoms with Crippen LogP contribution in [-0.2, 0) is 21.6 Å². The minimum absolute atomic E-state index is 0.387. The van der Waals surface area contributed by atoms with Crippen molar-refractivity contribution in [1.29, 1.82) is 0 Å². The van der Waals surface area contributed by atoms with Crippen molar-refractivity contribution in [3.05, 3.63) is 35.4 Å². The third-order valence-corrected chi connectivity index (χ3v) is 3.55. The van der Waals surface area contributed by atoms with Crippen LogP contribution in [0.2, 0.25) is 0 Å². The smallest absolute Gasteiger partial charge is 0.312 e. The van der Waals surface area contributed by atoms with E-state index in [0.29, 0.717) is 0 Å². The van der Waals surface area contributed by atoms with Crippen LogP contribution in [0.15, 0.2) is 24.3 Å². The molecule has 2 atom stereocenters. The Kier molecular flexibility index (Phi) is 4.98. The maximum Gasteiger partial charge on any atom is 0.312 e. The van der Waals surface area contributed by atoms with Crippen LogP contribution in [0.1, 0.15) is 52.7 Å². The molecule has 0 amide bonds. The van der Waals surface area contributed by atoms with Gasteiger partial charge in [-0.2, -0.15) is 0 Å². The second kappa shape index (κ2) is 5.96. The molecule has 3 heteroatoms. The molecule has 0 aliphatic carbocycles. The van der Waals surface area contributed by atoms with Crippen molar-refractivity contribution in [2.45, 2.75) is 59.2 Å². The van der Waals surface area contributed by atoms with Crippen LogP contribution in [0.3, 0.4) is 0 Å². The molecule has 0 aliphatic rings. The molecule has 0 aliphatic heterocycles. The molecule has 3 nitrogen and oxygen atoms in total. The summed E-state index contributed by atoms with van der Waals surface area (Å²) in [6.45, 7) is 10.9. The van der Waals surface area contributed by atoms with Crippen LogP contribution in [0.4, 0.5) is 0 Å². The van der Waals surface area contributed by atoms with E-state index in [2.05, 4.69) is 6.92 Å². The lowest BCUT2D eigenvalue weighted by Gasteiger charge is -2.31. The van der Waals surface area contributed by atoms with Gasteiger partial charge < -0.3 is 9.84 Å². The highest BCUT2D eigenvalue weighted by molar-refractivity contribution is 5.74. The Labute approximate surface area is 122 Å². The summed E-state index contributed by atoms with van der Waals surface area (Å²) in [5.41, 5.74) is 0.143. The van der Waals surface area contributed by atoms with Crippen LogP contribution in [0.25, 0.3) is 0 Å². The number of ether oxygens (including phenoxy) is 1. The average molecular weight is 278 g/mol. The Morgan fingerprint density at radius 2 is 1.70 bits per heavy atom. The molecular formula is C17H26O3. The second-order valence-electron chi connectivity index (χ2n) is 6.45. The molecule has 1 N–H and O–H groups in total. The van der Waals surface area contributed by atoms with E-state index in [9.17, 15) is 9.90 Å². The van der Waals surface area contributed by atoms with Gasteiger partial charge in [-0.05, 0) is 52.2 Å². The van der Waals surface area contributed by atoms with Crippen LogP contribution >= 0.6 is 0 Å². The number of carbonyl (C=O) groups is 1. The highest BCUT2D eigenvalue weighted by Gasteiger charge is 2.37.